The summed E-state index contributed by atoms with van der Waals surface area (Å²) < 4.78 is 21.8. The Hall–Kier alpha value is -4.20. The van der Waals surface area contributed by atoms with Gasteiger partial charge in [-0.05, 0) is 42.5 Å². The van der Waals surface area contributed by atoms with Crippen LogP contribution in [0.4, 0.5) is 0 Å². The molecule has 0 atom stereocenters. The van der Waals surface area contributed by atoms with Gasteiger partial charge >= 0.3 is 0 Å². The van der Waals surface area contributed by atoms with Crippen molar-refractivity contribution in [1.82, 2.24) is 10.6 Å². The van der Waals surface area contributed by atoms with Gasteiger partial charge in [0.25, 0.3) is 11.8 Å². The molecule has 0 heterocycles. The zero-order chi connectivity index (χ0) is 24.2. The molecule has 0 fully saturated rings. The molecule has 2 amide bonds. The maximum absolute atomic E-state index is 12.5. The lowest BCUT2D eigenvalue weighted by atomic mass is 10.1. The lowest BCUT2D eigenvalue weighted by Gasteiger charge is -2.12. The van der Waals surface area contributed by atoms with Gasteiger partial charge in [-0.2, -0.15) is 0 Å². The molecule has 3 aromatic carbocycles. The maximum atomic E-state index is 12.5. The summed E-state index contributed by atoms with van der Waals surface area (Å²) in [5, 5.41) is 5.57. The van der Waals surface area contributed by atoms with Crippen LogP contribution < -0.4 is 29.6 Å². The molecule has 0 spiro atoms. The molecule has 34 heavy (non-hydrogen) atoms. The Kier molecular flexibility index (Phi) is 9.16. The summed E-state index contributed by atoms with van der Waals surface area (Å²) in [4.78, 5) is 25.0. The highest BCUT2D eigenvalue weighted by Gasteiger charge is 2.11. The second kappa shape index (κ2) is 12.7. The van der Waals surface area contributed by atoms with E-state index in [1.54, 1.807) is 62.8 Å². The number of nitrogens with one attached hydrogen (secondary N) is 2. The Bertz CT molecular complexity index is 1020. The number of methoxy groups -OCH3 is 2. The first-order valence-electron chi connectivity index (χ1n) is 10.8. The Morgan fingerprint density at radius 1 is 0.618 bits per heavy atom. The van der Waals surface area contributed by atoms with Crippen LogP contribution in [0.1, 0.15) is 20.7 Å². The molecule has 0 radical (unpaired) electrons. The molecule has 0 aromatic heterocycles. The quantitative estimate of drug-likeness (QED) is 0.400. The van der Waals surface area contributed by atoms with Crippen LogP contribution >= 0.6 is 0 Å². The number of hydrogen-bond donors (Lipinski definition) is 2. The van der Waals surface area contributed by atoms with Gasteiger partial charge < -0.3 is 29.6 Å². The van der Waals surface area contributed by atoms with E-state index in [1.165, 1.54) is 0 Å². The third-order valence-electron chi connectivity index (χ3n) is 4.82. The normalized spacial score (nSPS) is 10.2. The van der Waals surface area contributed by atoms with Crippen molar-refractivity contribution in [2.24, 2.45) is 0 Å². The maximum Gasteiger partial charge on any atom is 0.251 e. The molecule has 0 bridgehead atoms. The van der Waals surface area contributed by atoms with Gasteiger partial charge in [-0.3, -0.25) is 9.59 Å². The van der Waals surface area contributed by atoms with Crippen LogP contribution in [0.15, 0.2) is 72.8 Å². The summed E-state index contributed by atoms with van der Waals surface area (Å²) in [6.45, 7) is 1.15. The number of benzene rings is 3. The molecular weight excluding hydrogens is 436 g/mol. The molecule has 0 saturated heterocycles. The molecule has 178 valence electrons. The molecule has 3 aromatic rings. The van der Waals surface area contributed by atoms with Crippen molar-refractivity contribution in [2.45, 2.75) is 0 Å². The minimum atomic E-state index is -0.294. The summed E-state index contributed by atoms with van der Waals surface area (Å²) >= 11 is 0. The summed E-state index contributed by atoms with van der Waals surface area (Å²) in [7, 11) is 3.14. The molecule has 0 saturated carbocycles. The Labute approximate surface area is 198 Å². The Morgan fingerprint density at radius 2 is 1.03 bits per heavy atom. The summed E-state index contributed by atoms with van der Waals surface area (Å²) in [6, 6.07) is 21.1. The lowest BCUT2D eigenvalue weighted by Crippen LogP contribution is -2.30. The van der Waals surface area contributed by atoms with Gasteiger partial charge in [-0.15, -0.1) is 0 Å². The second-order valence-corrected chi connectivity index (χ2v) is 7.09. The van der Waals surface area contributed by atoms with Crippen molar-refractivity contribution in [3.63, 3.8) is 0 Å². The van der Waals surface area contributed by atoms with E-state index in [9.17, 15) is 9.59 Å². The highest BCUT2D eigenvalue weighted by Crippen LogP contribution is 2.26. The number of hydrogen-bond acceptors (Lipinski definition) is 6. The standard InChI is InChI=1S/C26H28N2O6/c1-31-21-10-3-5-12-23(21)33-16-14-27-25(29)19-8-7-9-20(18-19)26(30)28-15-17-34-24-13-6-4-11-22(24)32-2/h3-13,18H,14-17H2,1-2H3,(H,27,29)(H,28,30). The van der Waals surface area contributed by atoms with E-state index in [4.69, 9.17) is 18.9 Å². The first-order chi connectivity index (χ1) is 16.6. The fraction of sp³-hybridized carbons (Fsp3) is 0.231. The van der Waals surface area contributed by atoms with Crippen molar-refractivity contribution in [2.75, 3.05) is 40.5 Å². The van der Waals surface area contributed by atoms with Gasteiger partial charge in [0.05, 0.1) is 27.3 Å². The number of carbonyl (C=O) groups excluding carboxylic acids is 2. The second-order valence-electron chi connectivity index (χ2n) is 7.09. The number of carbonyl (C=O) groups is 2. The third kappa shape index (κ3) is 6.90. The van der Waals surface area contributed by atoms with Crippen molar-refractivity contribution in [3.8, 4) is 23.0 Å². The van der Waals surface area contributed by atoms with E-state index in [2.05, 4.69) is 10.6 Å². The molecule has 8 nitrogen and oxygen atoms in total. The fourth-order valence-electron chi connectivity index (χ4n) is 3.13. The van der Waals surface area contributed by atoms with Gasteiger partial charge in [0.1, 0.15) is 13.2 Å². The average molecular weight is 465 g/mol. The molecule has 0 unspecified atom stereocenters. The molecule has 3 rings (SSSR count). The monoisotopic (exact) mass is 464 g/mol. The highest BCUT2D eigenvalue weighted by molar-refractivity contribution is 5.99. The Balaban J connectivity index is 1.43. The van der Waals surface area contributed by atoms with Crippen LogP contribution in [0.2, 0.25) is 0 Å². The van der Waals surface area contributed by atoms with Crippen molar-refractivity contribution >= 4 is 11.8 Å². The van der Waals surface area contributed by atoms with E-state index in [0.717, 1.165) is 0 Å². The molecule has 0 aliphatic carbocycles. The van der Waals surface area contributed by atoms with Gasteiger partial charge in [-0.25, -0.2) is 0 Å². The topological polar surface area (TPSA) is 95.1 Å². The molecular formula is C26H28N2O6. The summed E-state index contributed by atoms with van der Waals surface area (Å²) in [5.41, 5.74) is 0.769. The van der Waals surface area contributed by atoms with Crippen molar-refractivity contribution in [3.05, 3.63) is 83.9 Å². The van der Waals surface area contributed by atoms with Gasteiger partial charge in [0, 0.05) is 11.1 Å². The third-order valence-corrected chi connectivity index (χ3v) is 4.82. The van der Waals surface area contributed by atoms with Crippen molar-refractivity contribution in [1.29, 1.82) is 0 Å². The summed E-state index contributed by atoms with van der Waals surface area (Å²) in [6.07, 6.45) is 0. The Morgan fingerprint density at radius 3 is 1.44 bits per heavy atom. The van der Waals surface area contributed by atoms with Crippen LogP contribution in [-0.2, 0) is 0 Å². The van der Waals surface area contributed by atoms with Gasteiger partial charge in [-0.1, -0.05) is 30.3 Å². The predicted molar refractivity (Wildman–Crippen MR) is 128 cm³/mol. The van der Waals surface area contributed by atoms with Gasteiger partial charge in [0.15, 0.2) is 23.0 Å². The number of amides is 2. The van der Waals surface area contributed by atoms with E-state index < -0.39 is 0 Å². The number of ether oxygens (including phenoxy) is 4. The number of para-hydroxylation sites is 4. The van der Waals surface area contributed by atoms with Gasteiger partial charge in [0.2, 0.25) is 0 Å². The lowest BCUT2D eigenvalue weighted by molar-refractivity contribution is 0.0946. The predicted octanol–water partition coefficient (Wildman–Crippen LogP) is 3.32. The number of rotatable bonds is 12. The first kappa shape index (κ1) is 24.4. The molecule has 0 aliphatic heterocycles. The van der Waals surface area contributed by atoms with Crippen LogP contribution in [0.25, 0.3) is 0 Å². The van der Waals surface area contributed by atoms with Crippen LogP contribution in [0, 0.1) is 0 Å². The smallest absolute Gasteiger partial charge is 0.251 e. The molecule has 8 heteroatoms. The minimum absolute atomic E-state index is 0.276. The van der Waals surface area contributed by atoms with E-state index >= 15 is 0 Å². The van der Waals surface area contributed by atoms with E-state index in [-0.39, 0.29) is 25.0 Å². The van der Waals surface area contributed by atoms with Crippen LogP contribution in [0.3, 0.4) is 0 Å². The molecule has 0 aliphatic rings. The van der Waals surface area contributed by atoms with Crippen LogP contribution in [-0.4, -0.2) is 52.3 Å². The van der Waals surface area contributed by atoms with Crippen LogP contribution in [0.5, 0.6) is 23.0 Å². The fourth-order valence-corrected chi connectivity index (χ4v) is 3.13. The first-order valence-corrected chi connectivity index (χ1v) is 10.8. The average Bonchev–Trinajstić information content (AvgIpc) is 2.89. The summed E-state index contributed by atoms with van der Waals surface area (Å²) in [5.74, 6) is 1.87. The van der Waals surface area contributed by atoms with E-state index in [0.29, 0.717) is 47.2 Å². The van der Waals surface area contributed by atoms with E-state index in [1.807, 2.05) is 24.3 Å². The zero-order valence-corrected chi connectivity index (χ0v) is 19.2. The minimum Gasteiger partial charge on any atom is -0.493 e. The molecule has 2 N–H and O–H groups in total. The zero-order valence-electron chi connectivity index (χ0n) is 19.2. The SMILES string of the molecule is COc1ccccc1OCCNC(=O)c1cccc(C(=O)NCCOc2ccccc2OC)c1. The highest BCUT2D eigenvalue weighted by atomic mass is 16.5. The van der Waals surface area contributed by atoms with Crippen molar-refractivity contribution < 1.29 is 28.5 Å². The largest absolute Gasteiger partial charge is 0.493 e.